The molecule has 9 heteroatoms. The van der Waals surface area contributed by atoms with Crippen LogP contribution in [-0.4, -0.2) is 62.8 Å². The van der Waals surface area contributed by atoms with Crippen LogP contribution in [0, 0.1) is 0 Å². The minimum Gasteiger partial charge on any atom is -0.356 e. The summed E-state index contributed by atoms with van der Waals surface area (Å²) in [6, 6.07) is 6.64. The van der Waals surface area contributed by atoms with Gasteiger partial charge in [-0.1, -0.05) is 12.1 Å². The molecule has 0 spiro atoms. The van der Waals surface area contributed by atoms with Crippen LogP contribution in [-0.2, 0) is 24.5 Å². The van der Waals surface area contributed by atoms with Crippen LogP contribution in [0.25, 0.3) is 0 Å². The Balaban J connectivity index is 1.76. The van der Waals surface area contributed by atoms with Crippen molar-refractivity contribution in [3.63, 3.8) is 0 Å². The Morgan fingerprint density at radius 3 is 2.79 bits per heavy atom. The summed E-state index contributed by atoms with van der Waals surface area (Å²) in [6.07, 6.45) is -2.02. The summed E-state index contributed by atoms with van der Waals surface area (Å²) in [7, 11) is 0. The monoisotopic (exact) mass is 406 g/mol. The molecule has 2 aliphatic rings. The zero-order chi connectivity index (χ0) is 20.9. The van der Waals surface area contributed by atoms with E-state index in [1.54, 1.807) is 31.2 Å². The molecule has 1 aromatic rings. The molecule has 0 radical (unpaired) electrons. The predicted octanol–water partition coefficient (Wildman–Crippen LogP) is 0.236. The predicted molar refractivity (Wildman–Crippen MR) is 105 cm³/mol. The number of likely N-dealkylation sites (N-methyl/N-ethyl adjacent to an activating group) is 1. The lowest BCUT2D eigenvalue weighted by Crippen LogP contribution is -2.58. The molecule has 4 N–H and O–H groups in total. The number of Topliss-reactive ketones (excluding diaryl/α,β-unsaturated/α-hetero) is 1. The number of piperidine rings is 1. The van der Waals surface area contributed by atoms with E-state index in [1.165, 1.54) is 0 Å². The average Bonchev–Trinajstić information content (AvgIpc) is 3.24. The van der Waals surface area contributed by atoms with Crippen molar-refractivity contribution in [2.45, 2.75) is 37.5 Å². The van der Waals surface area contributed by atoms with Crippen molar-refractivity contribution in [2.24, 2.45) is 0 Å². The highest BCUT2D eigenvalue weighted by Crippen LogP contribution is 2.37. The smallest absolute Gasteiger partial charge is 0.233 e. The molecular formula is C20H27FN4O4. The second kappa shape index (κ2) is 9.43. The highest BCUT2D eigenvalue weighted by Gasteiger charge is 2.49. The van der Waals surface area contributed by atoms with Gasteiger partial charge in [-0.25, -0.2) is 4.39 Å². The first kappa shape index (κ1) is 21.4. The van der Waals surface area contributed by atoms with Gasteiger partial charge >= 0.3 is 0 Å². The minimum absolute atomic E-state index is 0.0810. The Morgan fingerprint density at radius 1 is 1.28 bits per heavy atom. The summed E-state index contributed by atoms with van der Waals surface area (Å²) in [5.74, 6) is -1.14. The lowest BCUT2D eigenvalue weighted by atomic mass is 9.71. The fourth-order valence-corrected chi connectivity index (χ4v) is 3.84. The largest absolute Gasteiger partial charge is 0.356 e. The molecule has 2 heterocycles. The van der Waals surface area contributed by atoms with Gasteiger partial charge in [-0.2, -0.15) is 0 Å². The van der Waals surface area contributed by atoms with Gasteiger partial charge in [0.25, 0.3) is 0 Å². The number of nitrogens with one attached hydrogen (secondary N) is 4. The fourth-order valence-electron chi connectivity index (χ4n) is 3.84. The molecule has 0 bridgehead atoms. The van der Waals surface area contributed by atoms with Gasteiger partial charge in [-0.05, 0) is 37.6 Å². The number of rotatable bonds is 7. The number of hydrogen-bond acceptors (Lipinski definition) is 6. The van der Waals surface area contributed by atoms with E-state index in [0.717, 1.165) is 0 Å². The van der Waals surface area contributed by atoms with Crippen molar-refractivity contribution in [3.8, 4) is 0 Å². The number of ketones is 1. The number of alkyl halides is 1. The van der Waals surface area contributed by atoms with Crippen molar-refractivity contribution in [1.82, 2.24) is 16.0 Å². The molecule has 0 aromatic heterocycles. The highest BCUT2D eigenvalue weighted by molar-refractivity contribution is 6.06. The Bertz CT molecular complexity index is 769. The Kier molecular flexibility index (Phi) is 6.94. The van der Waals surface area contributed by atoms with Crippen LogP contribution in [0.1, 0.15) is 25.3 Å². The molecule has 8 nitrogen and oxygen atoms in total. The maximum Gasteiger partial charge on any atom is 0.233 e. The van der Waals surface area contributed by atoms with Crippen LogP contribution in [0.2, 0.25) is 0 Å². The molecule has 29 heavy (non-hydrogen) atoms. The molecule has 2 fully saturated rings. The molecule has 2 saturated heterocycles. The summed E-state index contributed by atoms with van der Waals surface area (Å²) in [4.78, 5) is 37.2. The number of carbonyl (C=O) groups is 3. The van der Waals surface area contributed by atoms with Crippen LogP contribution in [0.4, 0.5) is 10.1 Å². The highest BCUT2D eigenvalue weighted by atomic mass is 19.1. The van der Waals surface area contributed by atoms with Crippen LogP contribution < -0.4 is 21.3 Å². The molecule has 1 aromatic carbocycles. The Morgan fingerprint density at radius 2 is 2.10 bits per heavy atom. The summed E-state index contributed by atoms with van der Waals surface area (Å²) in [5, 5.41) is 11.3. The quantitative estimate of drug-likeness (QED) is 0.483. The fraction of sp³-hybridized carbons (Fsp3) is 0.550. The average molecular weight is 406 g/mol. The standard InChI is InChI=1S/C20H27FN4O4/c1-2-24-19(28)20(6-7-22-11-17(20)21)13-4-3-5-14(8-13)25-18(27)9-15(26)16-10-23-12-29-16/h3-5,8,16-17,22-23H,2,6-7,9-12H2,1H3,(H,24,28)(H,25,27). The third-order valence-electron chi connectivity index (χ3n) is 5.37. The van der Waals surface area contributed by atoms with Crippen LogP contribution in [0.15, 0.2) is 24.3 Å². The third kappa shape index (κ3) is 4.63. The lowest BCUT2D eigenvalue weighted by molar-refractivity contribution is -0.132. The molecule has 2 amide bonds. The van der Waals surface area contributed by atoms with E-state index in [-0.39, 0.29) is 24.7 Å². The number of benzene rings is 1. The summed E-state index contributed by atoms with van der Waals surface area (Å²) in [5.41, 5.74) is -0.397. The van der Waals surface area contributed by atoms with Crippen molar-refractivity contribution < 1.29 is 23.5 Å². The van der Waals surface area contributed by atoms with Crippen LogP contribution in [0.3, 0.4) is 0 Å². The van der Waals surface area contributed by atoms with Crippen molar-refractivity contribution in [1.29, 1.82) is 0 Å². The summed E-state index contributed by atoms with van der Waals surface area (Å²) in [6.45, 7) is 3.47. The number of anilines is 1. The third-order valence-corrected chi connectivity index (χ3v) is 5.37. The molecule has 3 unspecified atom stereocenters. The van der Waals surface area contributed by atoms with E-state index >= 15 is 4.39 Å². The number of halogens is 1. The van der Waals surface area contributed by atoms with E-state index < -0.39 is 23.6 Å². The van der Waals surface area contributed by atoms with Crippen molar-refractivity contribution >= 4 is 23.3 Å². The first-order valence-corrected chi connectivity index (χ1v) is 9.86. The topological polar surface area (TPSA) is 109 Å². The summed E-state index contributed by atoms with van der Waals surface area (Å²) >= 11 is 0. The SMILES string of the molecule is CCNC(=O)C1(c2cccc(NC(=O)CC(=O)C3CNCO3)c2)CCNCC1F. The van der Waals surface area contributed by atoms with Gasteiger partial charge in [-0.15, -0.1) is 0 Å². The van der Waals surface area contributed by atoms with Gasteiger partial charge in [0, 0.05) is 25.3 Å². The maximum atomic E-state index is 15.0. The van der Waals surface area contributed by atoms with Gasteiger partial charge in [0.15, 0.2) is 5.78 Å². The number of hydrogen-bond donors (Lipinski definition) is 4. The Hall–Kier alpha value is -2.36. The molecule has 0 saturated carbocycles. The molecular weight excluding hydrogens is 379 g/mol. The second-order valence-electron chi connectivity index (χ2n) is 7.28. The van der Waals surface area contributed by atoms with E-state index in [0.29, 0.717) is 44.0 Å². The number of ether oxygens (including phenoxy) is 1. The molecule has 158 valence electrons. The van der Waals surface area contributed by atoms with Gasteiger partial charge in [0.2, 0.25) is 11.8 Å². The summed E-state index contributed by atoms with van der Waals surface area (Å²) < 4.78 is 20.2. The van der Waals surface area contributed by atoms with E-state index in [9.17, 15) is 14.4 Å². The zero-order valence-electron chi connectivity index (χ0n) is 16.4. The maximum absolute atomic E-state index is 15.0. The number of amides is 2. The van der Waals surface area contributed by atoms with Gasteiger partial charge in [-0.3, -0.25) is 19.7 Å². The van der Waals surface area contributed by atoms with Crippen molar-refractivity contribution in [3.05, 3.63) is 29.8 Å². The number of carbonyl (C=O) groups excluding carboxylic acids is 3. The first-order chi connectivity index (χ1) is 14.0. The zero-order valence-corrected chi connectivity index (χ0v) is 16.4. The van der Waals surface area contributed by atoms with Crippen molar-refractivity contribution in [2.75, 3.05) is 38.2 Å². The van der Waals surface area contributed by atoms with Crippen LogP contribution >= 0.6 is 0 Å². The van der Waals surface area contributed by atoms with Gasteiger partial charge in [0.05, 0.1) is 13.2 Å². The minimum atomic E-state index is -1.40. The molecule has 3 atom stereocenters. The Labute approximate surface area is 168 Å². The van der Waals surface area contributed by atoms with E-state index in [4.69, 9.17) is 4.74 Å². The first-order valence-electron chi connectivity index (χ1n) is 9.86. The van der Waals surface area contributed by atoms with E-state index in [1.807, 2.05) is 0 Å². The lowest BCUT2D eigenvalue weighted by Gasteiger charge is -2.39. The normalized spacial score (nSPS) is 26.7. The molecule has 2 aliphatic heterocycles. The second-order valence-corrected chi connectivity index (χ2v) is 7.28. The molecule has 0 aliphatic carbocycles. The van der Waals surface area contributed by atoms with E-state index in [2.05, 4.69) is 21.3 Å². The van der Waals surface area contributed by atoms with Crippen LogP contribution in [0.5, 0.6) is 0 Å². The van der Waals surface area contributed by atoms with Gasteiger partial charge in [0.1, 0.15) is 17.7 Å². The van der Waals surface area contributed by atoms with Gasteiger partial charge < -0.3 is 20.7 Å². The molecule has 3 rings (SSSR count).